The first-order valence-corrected chi connectivity index (χ1v) is 5.68. The van der Waals surface area contributed by atoms with Crippen LogP contribution < -0.4 is 11.1 Å². The number of benzene rings is 1. The molecule has 2 aromatic rings. The fourth-order valence-electron chi connectivity index (χ4n) is 1.84. The molecule has 0 saturated heterocycles. The molecule has 3 N–H and O–H groups in total. The molecule has 1 atom stereocenters. The number of nitrogens with one attached hydrogen (secondary N) is 1. The van der Waals surface area contributed by atoms with E-state index in [9.17, 15) is 4.79 Å². The summed E-state index contributed by atoms with van der Waals surface area (Å²) in [7, 11) is 1.90. The average Bonchev–Trinajstić information content (AvgIpc) is 2.74. The number of aromatic nitrogens is 2. The van der Waals surface area contributed by atoms with Crippen molar-refractivity contribution >= 4 is 11.6 Å². The van der Waals surface area contributed by atoms with Crippen molar-refractivity contribution in [3.8, 4) is 0 Å². The van der Waals surface area contributed by atoms with Crippen LogP contribution in [-0.4, -0.2) is 15.5 Å². The minimum Gasteiger partial charge on any atom is -0.336 e. The zero-order valence-corrected chi connectivity index (χ0v) is 10.4. The lowest BCUT2D eigenvalue weighted by Gasteiger charge is -2.13. The maximum atomic E-state index is 11.0. The van der Waals surface area contributed by atoms with Crippen LogP contribution in [0, 0.1) is 0 Å². The number of nitrogens with zero attached hydrogens (tertiary/aromatic N) is 2. The van der Waals surface area contributed by atoms with Gasteiger partial charge in [-0.25, -0.2) is 4.98 Å². The third-order valence-corrected chi connectivity index (χ3v) is 2.70. The summed E-state index contributed by atoms with van der Waals surface area (Å²) in [5.74, 6) is 0.688. The number of rotatable bonds is 3. The molecule has 5 nitrogen and oxygen atoms in total. The Balaban J connectivity index is 2.28. The summed E-state index contributed by atoms with van der Waals surface area (Å²) in [6.07, 6.45) is 3.57. The van der Waals surface area contributed by atoms with E-state index in [-0.39, 0.29) is 11.9 Å². The first-order valence-electron chi connectivity index (χ1n) is 5.68. The quantitative estimate of drug-likeness (QED) is 0.857. The molecule has 0 radical (unpaired) electrons. The molecule has 0 fully saturated rings. The van der Waals surface area contributed by atoms with E-state index < -0.39 is 0 Å². The molecular weight excluding hydrogens is 228 g/mol. The van der Waals surface area contributed by atoms with E-state index in [1.165, 1.54) is 6.92 Å². The van der Waals surface area contributed by atoms with Gasteiger partial charge in [0.25, 0.3) is 0 Å². The Morgan fingerprint density at radius 3 is 2.89 bits per heavy atom. The van der Waals surface area contributed by atoms with E-state index in [1.807, 2.05) is 42.1 Å². The van der Waals surface area contributed by atoms with Gasteiger partial charge >= 0.3 is 0 Å². The van der Waals surface area contributed by atoms with Crippen LogP contribution in [0.15, 0.2) is 36.7 Å². The summed E-state index contributed by atoms with van der Waals surface area (Å²) < 4.78 is 1.88. The van der Waals surface area contributed by atoms with Crippen LogP contribution in [0.1, 0.15) is 24.4 Å². The van der Waals surface area contributed by atoms with Gasteiger partial charge in [-0.2, -0.15) is 0 Å². The van der Waals surface area contributed by atoms with Gasteiger partial charge < -0.3 is 15.6 Å². The Hall–Kier alpha value is -2.14. The molecule has 5 heteroatoms. The number of hydrogen-bond acceptors (Lipinski definition) is 3. The minimum absolute atomic E-state index is 0.0993. The molecule has 2 rings (SSSR count). The van der Waals surface area contributed by atoms with Crippen LogP contribution in [0.4, 0.5) is 5.69 Å². The molecule has 0 aliphatic heterocycles. The van der Waals surface area contributed by atoms with Gasteiger partial charge in [0.1, 0.15) is 5.82 Å². The van der Waals surface area contributed by atoms with E-state index >= 15 is 0 Å². The summed E-state index contributed by atoms with van der Waals surface area (Å²) in [4.78, 5) is 15.3. The Labute approximate surface area is 106 Å². The number of amides is 1. The molecule has 94 valence electrons. The van der Waals surface area contributed by atoms with Gasteiger partial charge in [0.05, 0.1) is 6.04 Å². The number of anilines is 1. The van der Waals surface area contributed by atoms with Crippen LogP contribution >= 0.6 is 0 Å². The fourth-order valence-corrected chi connectivity index (χ4v) is 1.84. The highest BCUT2D eigenvalue weighted by Crippen LogP contribution is 2.20. The third-order valence-electron chi connectivity index (χ3n) is 2.70. The van der Waals surface area contributed by atoms with Crippen LogP contribution in [0.3, 0.4) is 0 Å². The summed E-state index contributed by atoms with van der Waals surface area (Å²) >= 11 is 0. The van der Waals surface area contributed by atoms with Crippen molar-refractivity contribution in [2.45, 2.75) is 13.0 Å². The Morgan fingerprint density at radius 2 is 2.28 bits per heavy atom. The summed E-state index contributed by atoms with van der Waals surface area (Å²) in [6.45, 7) is 1.48. The topological polar surface area (TPSA) is 72.9 Å². The Bertz CT molecular complexity index is 562. The van der Waals surface area contributed by atoms with Gasteiger partial charge in [-0.3, -0.25) is 4.79 Å². The van der Waals surface area contributed by atoms with Gasteiger partial charge in [-0.15, -0.1) is 0 Å². The average molecular weight is 244 g/mol. The van der Waals surface area contributed by atoms with Crippen molar-refractivity contribution in [2.24, 2.45) is 12.8 Å². The number of nitrogens with two attached hydrogens (primary N) is 1. The second-order valence-corrected chi connectivity index (χ2v) is 4.18. The molecule has 0 spiro atoms. The lowest BCUT2D eigenvalue weighted by Crippen LogP contribution is -2.17. The van der Waals surface area contributed by atoms with E-state index in [1.54, 1.807) is 6.20 Å². The van der Waals surface area contributed by atoms with E-state index in [2.05, 4.69) is 10.3 Å². The second kappa shape index (κ2) is 5.01. The SMILES string of the molecule is CC(=O)Nc1cccc(C(N)c2nccn2C)c1. The smallest absolute Gasteiger partial charge is 0.221 e. The zero-order valence-electron chi connectivity index (χ0n) is 10.4. The number of carbonyl (C=O) groups excluding carboxylic acids is 1. The van der Waals surface area contributed by atoms with Crippen LogP contribution in [0.25, 0.3) is 0 Å². The van der Waals surface area contributed by atoms with Crippen molar-refractivity contribution < 1.29 is 4.79 Å². The first-order chi connectivity index (χ1) is 8.58. The summed E-state index contributed by atoms with van der Waals surface area (Å²) in [5, 5.41) is 2.74. The standard InChI is InChI=1S/C13H16N4O/c1-9(18)16-11-5-3-4-10(8-11)12(14)13-15-6-7-17(13)2/h3-8,12H,14H2,1-2H3,(H,16,18). The highest BCUT2D eigenvalue weighted by Gasteiger charge is 2.13. The Kier molecular flexibility index (Phi) is 3.43. The molecule has 0 bridgehead atoms. The lowest BCUT2D eigenvalue weighted by atomic mass is 10.1. The van der Waals surface area contributed by atoms with Crippen LogP contribution in [-0.2, 0) is 11.8 Å². The number of carbonyl (C=O) groups is 1. The summed E-state index contributed by atoms with van der Waals surface area (Å²) in [5.41, 5.74) is 7.82. The maximum absolute atomic E-state index is 11.0. The molecule has 0 aliphatic carbocycles. The zero-order chi connectivity index (χ0) is 13.1. The third kappa shape index (κ3) is 2.57. The van der Waals surface area contributed by atoms with Crippen LogP contribution in [0.5, 0.6) is 0 Å². The monoisotopic (exact) mass is 244 g/mol. The molecule has 1 aromatic carbocycles. The number of hydrogen-bond donors (Lipinski definition) is 2. The van der Waals surface area contributed by atoms with Gasteiger partial charge in [-0.05, 0) is 17.7 Å². The van der Waals surface area contributed by atoms with Crippen molar-refractivity contribution in [1.29, 1.82) is 0 Å². The minimum atomic E-state index is -0.307. The summed E-state index contributed by atoms with van der Waals surface area (Å²) in [6, 6.07) is 7.17. The molecular formula is C13H16N4O. The first kappa shape index (κ1) is 12.3. The number of aryl methyl sites for hydroxylation is 1. The maximum Gasteiger partial charge on any atom is 0.221 e. The van der Waals surface area contributed by atoms with Gasteiger partial charge in [-0.1, -0.05) is 12.1 Å². The van der Waals surface area contributed by atoms with Crippen molar-refractivity contribution in [2.75, 3.05) is 5.32 Å². The van der Waals surface area contributed by atoms with Crippen molar-refractivity contribution in [3.63, 3.8) is 0 Å². The molecule has 0 aliphatic rings. The molecule has 0 saturated carbocycles. The predicted molar refractivity (Wildman–Crippen MR) is 70.0 cm³/mol. The Morgan fingerprint density at radius 1 is 1.50 bits per heavy atom. The largest absolute Gasteiger partial charge is 0.336 e. The second-order valence-electron chi connectivity index (χ2n) is 4.18. The van der Waals surface area contributed by atoms with Crippen molar-refractivity contribution in [1.82, 2.24) is 9.55 Å². The molecule has 1 heterocycles. The number of imidazole rings is 1. The molecule has 18 heavy (non-hydrogen) atoms. The van der Waals surface area contributed by atoms with Gasteiger partial charge in [0.15, 0.2) is 0 Å². The van der Waals surface area contributed by atoms with E-state index in [0.29, 0.717) is 0 Å². The van der Waals surface area contributed by atoms with Crippen LogP contribution in [0.2, 0.25) is 0 Å². The highest BCUT2D eigenvalue weighted by atomic mass is 16.1. The lowest BCUT2D eigenvalue weighted by molar-refractivity contribution is -0.114. The van der Waals surface area contributed by atoms with Crippen molar-refractivity contribution in [3.05, 3.63) is 48.0 Å². The normalized spacial score (nSPS) is 12.2. The fraction of sp³-hybridized carbons (Fsp3) is 0.231. The molecule has 1 aromatic heterocycles. The molecule has 1 amide bonds. The van der Waals surface area contributed by atoms with E-state index in [0.717, 1.165) is 17.1 Å². The highest BCUT2D eigenvalue weighted by molar-refractivity contribution is 5.88. The van der Waals surface area contributed by atoms with E-state index in [4.69, 9.17) is 5.73 Å². The predicted octanol–water partition coefficient (Wildman–Crippen LogP) is 1.43. The van der Waals surface area contributed by atoms with Gasteiger partial charge in [0, 0.05) is 32.1 Å². The van der Waals surface area contributed by atoms with Gasteiger partial charge in [0.2, 0.25) is 5.91 Å². The molecule has 1 unspecified atom stereocenters.